The molecule has 0 saturated heterocycles. The van der Waals surface area contributed by atoms with Gasteiger partial charge < -0.3 is 0 Å². The zero-order chi connectivity index (χ0) is 20.4. The maximum absolute atomic E-state index is 13.5. The van der Waals surface area contributed by atoms with E-state index >= 15 is 0 Å². The van der Waals surface area contributed by atoms with E-state index < -0.39 is 0 Å². The number of ketones is 1. The Morgan fingerprint density at radius 2 is 2.00 bits per heavy atom. The van der Waals surface area contributed by atoms with Crippen LogP contribution >= 0.6 is 15.9 Å². The minimum Gasteiger partial charge on any atom is -0.298 e. The number of hydrogen-bond acceptors (Lipinski definition) is 7. The van der Waals surface area contributed by atoms with Crippen molar-refractivity contribution < 1.29 is 9.18 Å². The zero-order valence-corrected chi connectivity index (χ0v) is 16.8. The number of nitrogens with zero attached hydrogens (tertiary/aromatic N) is 8. The molecule has 0 bridgehead atoms. The van der Waals surface area contributed by atoms with E-state index in [1.807, 2.05) is 6.07 Å². The minimum absolute atomic E-state index is 0.0642. The van der Waals surface area contributed by atoms with Gasteiger partial charge in [-0.15, -0.1) is 15.3 Å². The normalized spacial score (nSPS) is 11.0. The lowest BCUT2D eigenvalue weighted by atomic mass is 10.2. The molecule has 11 heteroatoms. The van der Waals surface area contributed by atoms with E-state index in [1.165, 1.54) is 23.9 Å². The number of carbonyl (C=O) groups is 1. The molecule has 146 valence electrons. The number of tetrazole rings is 1. The number of hydrogen-bond donors (Lipinski definition) is 0. The molecule has 4 rings (SSSR count). The summed E-state index contributed by atoms with van der Waals surface area (Å²) < 4.78 is 15.9. The number of halogens is 2. The molecule has 29 heavy (non-hydrogen) atoms. The van der Waals surface area contributed by atoms with Gasteiger partial charge in [-0.3, -0.25) is 9.78 Å². The Kier molecular flexibility index (Phi) is 5.21. The first-order valence-corrected chi connectivity index (χ1v) is 9.35. The summed E-state index contributed by atoms with van der Waals surface area (Å²) in [5, 5.41) is 20.1. The molecule has 0 aliphatic rings. The van der Waals surface area contributed by atoms with E-state index in [0.29, 0.717) is 23.8 Å². The van der Waals surface area contributed by atoms with Gasteiger partial charge in [-0.05, 0) is 48.0 Å². The summed E-state index contributed by atoms with van der Waals surface area (Å²) in [7, 11) is 0. The summed E-state index contributed by atoms with van der Waals surface area (Å²) >= 11 is 3.41. The van der Waals surface area contributed by atoms with Gasteiger partial charge in [0.25, 0.3) is 0 Å². The number of aromatic nitrogens is 8. The van der Waals surface area contributed by atoms with Gasteiger partial charge in [-0.2, -0.15) is 4.80 Å². The molecule has 3 aromatic heterocycles. The molecule has 0 aliphatic heterocycles. The van der Waals surface area contributed by atoms with Gasteiger partial charge in [0.15, 0.2) is 5.78 Å². The van der Waals surface area contributed by atoms with Gasteiger partial charge in [0.2, 0.25) is 5.82 Å². The molecule has 0 unspecified atom stereocenters. The third kappa shape index (κ3) is 4.40. The van der Waals surface area contributed by atoms with Crippen molar-refractivity contribution in [2.24, 2.45) is 0 Å². The van der Waals surface area contributed by atoms with Gasteiger partial charge >= 0.3 is 0 Å². The summed E-state index contributed by atoms with van der Waals surface area (Å²) in [6.45, 7) is 1.89. The molecular weight excluding hydrogens is 443 g/mol. The van der Waals surface area contributed by atoms with Crippen molar-refractivity contribution >= 4 is 21.7 Å². The fourth-order valence-electron chi connectivity index (χ4n) is 2.64. The second-order valence-electron chi connectivity index (χ2n) is 6.31. The van der Waals surface area contributed by atoms with Gasteiger partial charge in [0, 0.05) is 16.2 Å². The van der Waals surface area contributed by atoms with Crippen LogP contribution in [-0.4, -0.2) is 46.0 Å². The first-order chi connectivity index (χ1) is 14.0. The van der Waals surface area contributed by atoms with Crippen LogP contribution in [0.15, 0.2) is 47.2 Å². The van der Waals surface area contributed by atoms with Crippen molar-refractivity contribution in [3.05, 3.63) is 58.6 Å². The molecule has 0 spiro atoms. The Balaban J connectivity index is 1.50. The molecule has 3 heterocycles. The van der Waals surface area contributed by atoms with Crippen molar-refractivity contribution in [2.45, 2.75) is 20.0 Å². The maximum atomic E-state index is 13.5. The van der Waals surface area contributed by atoms with Crippen LogP contribution in [-0.2, 0) is 17.9 Å². The van der Waals surface area contributed by atoms with Crippen LogP contribution in [0.1, 0.15) is 12.5 Å². The average Bonchev–Trinajstić information content (AvgIpc) is 3.34. The zero-order valence-electron chi connectivity index (χ0n) is 15.2. The van der Waals surface area contributed by atoms with Gasteiger partial charge in [-0.25, -0.2) is 9.07 Å². The van der Waals surface area contributed by atoms with Crippen LogP contribution in [0.25, 0.3) is 22.8 Å². The third-order valence-corrected chi connectivity index (χ3v) is 4.76. The Labute approximate surface area is 172 Å². The highest BCUT2D eigenvalue weighted by atomic mass is 79.9. The molecule has 0 N–H and O–H groups in total. The smallest absolute Gasteiger partial charge is 0.223 e. The second-order valence-corrected chi connectivity index (χ2v) is 7.17. The Morgan fingerprint density at radius 3 is 2.76 bits per heavy atom. The van der Waals surface area contributed by atoms with E-state index in [4.69, 9.17) is 0 Å². The van der Waals surface area contributed by atoms with Crippen LogP contribution in [0.3, 0.4) is 0 Å². The van der Waals surface area contributed by atoms with E-state index in [2.05, 4.69) is 46.6 Å². The number of Topliss-reactive ketones (excluding diaryl/α,β-unsaturated/α-hetero) is 1. The highest BCUT2D eigenvalue weighted by Gasteiger charge is 2.11. The Morgan fingerprint density at radius 1 is 1.14 bits per heavy atom. The van der Waals surface area contributed by atoms with Crippen molar-refractivity contribution in [3.63, 3.8) is 0 Å². The Hall–Kier alpha value is -3.34. The summed E-state index contributed by atoms with van der Waals surface area (Å²) in [4.78, 5) is 16.7. The second kappa shape index (κ2) is 7.95. The fourth-order valence-corrected chi connectivity index (χ4v) is 3.01. The lowest BCUT2D eigenvalue weighted by Gasteiger charge is -2.04. The van der Waals surface area contributed by atoms with Crippen LogP contribution < -0.4 is 0 Å². The standard InChI is InChI=1S/C18H14BrFN8O/c1-11(29)8-28-24-18(23-26-28)16-5-2-12(7-21-16)17-10-27(25-22-17)9-13-6-14(20)3-4-15(13)19/h2-7,10H,8-9H2,1H3. The van der Waals surface area contributed by atoms with E-state index in [-0.39, 0.29) is 18.1 Å². The van der Waals surface area contributed by atoms with Gasteiger partial charge in [0.05, 0.1) is 12.7 Å². The molecule has 0 atom stereocenters. The maximum Gasteiger partial charge on any atom is 0.223 e. The SMILES string of the molecule is CC(=O)Cn1nnc(-c2ccc(-c3cn(Cc4cc(F)ccc4Br)nn3)cn2)n1. The lowest BCUT2D eigenvalue weighted by molar-refractivity contribution is -0.117. The fraction of sp³-hybridized carbons (Fsp3) is 0.167. The highest BCUT2D eigenvalue weighted by molar-refractivity contribution is 9.10. The van der Waals surface area contributed by atoms with E-state index in [0.717, 1.165) is 15.6 Å². The highest BCUT2D eigenvalue weighted by Crippen LogP contribution is 2.21. The van der Waals surface area contributed by atoms with Crippen LogP contribution in [0.2, 0.25) is 0 Å². The first-order valence-electron chi connectivity index (χ1n) is 8.56. The Bertz CT molecular complexity index is 1170. The molecule has 0 aliphatic carbocycles. The van der Waals surface area contributed by atoms with Crippen molar-refractivity contribution in [2.75, 3.05) is 0 Å². The van der Waals surface area contributed by atoms with Gasteiger partial charge in [0.1, 0.15) is 23.7 Å². The molecule has 9 nitrogen and oxygen atoms in total. The summed E-state index contributed by atoms with van der Waals surface area (Å²) in [6, 6.07) is 8.06. The van der Waals surface area contributed by atoms with Crippen LogP contribution in [0.5, 0.6) is 0 Å². The molecule has 1 aromatic carbocycles. The molecule has 4 aromatic rings. The minimum atomic E-state index is -0.308. The van der Waals surface area contributed by atoms with Crippen molar-refractivity contribution in [1.29, 1.82) is 0 Å². The molecule has 0 amide bonds. The predicted molar refractivity (Wildman–Crippen MR) is 104 cm³/mol. The average molecular weight is 457 g/mol. The molecular formula is C18H14BrFN8O. The van der Waals surface area contributed by atoms with Crippen molar-refractivity contribution in [3.8, 4) is 22.8 Å². The molecule has 0 radical (unpaired) electrons. The molecule has 0 fully saturated rings. The van der Waals surface area contributed by atoms with E-state index in [9.17, 15) is 9.18 Å². The largest absolute Gasteiger partial charge is 0.298 e. The molecule has 0 saturated carbocycles. The van der Waals surface area contributed by atoms with Crippen LogP contribution in [0, 0.1) is 5.82 Å². The monoisotopic (exact) mass is 456 g/mol. The predicted octanol–water partition coefficient (Wildman–Crippen LogP) is 2.53. The number of pyridine rings is 1. The first kappa shape index (κ1) is 19.0. The summed E-state index contributed by atoms with van der Waals surface area (Å²) in [5.41, 5.74) is 2.67. The van der Waals surface area contributed by atoms with E-state index in [1.54, 1.807) is 29.2 Å². The summed E-state index contributed by atoms with van der Waals surface area (Å²) in [6.07, 6.45) is 3.39. The number of carbonyl (C=O) groups excluding carboxylic acids is 1. The third-order valence-electron chi connectivity index (χ3n) is 3.98. The topological polar surface area (TPSA) is 104 Å². The van der Waals surface area contributed by atoms with Crippen molar-refractivity contribution in [1.82, 2.24) is 40.2 Å². The number of rotatable bonds is 6. The lowest BCUT2D eigenvalue weighted by Crippen LogP contribution is -2.09. The van der Waals surface area contributed by atoms with Gasteiger partial charge in [-0.1, -0.05) is 21.1 Å². The van der Waals surface area contributed by atoms with Crippen LogP contribution in [0.4, 0.5) is 4.39 Å². The summed E-state index contributed by atoms with van der Waals surface area (Å²) in [5.74, 6) is -0.0415. The quantitative estimate of drug-likeness (QED) is 0.438. The number of benzene rings is 1.